The van der Waals surface area contributed by atoms with E-state index in [0.717, 1.165) is 0 Å². The van der Waals surface area contributed by atoms with Crippen molar-refractivity contribution in [2.24, 2.45) is 0 Å². The van der Waals surface area contributed by atoms with Gasteiger partial charge in [-0.25, -0.2) is 0 Å². The van der Waals surface area contributed by atoms with Crippen molar-refractivity contribution in [2.45, 2.75) is 0 Å². The van der Waals surface area contributed by atoms with Gasteiger partial charge in [-0.05, 0) is 0 Å². The van der Waals surface area contributed by atoms with Crippen LogP contribution in [0.1, 0.15) is 0 Å². The number of hydrogen-bond acceptors (Lipinski definition) is 0. The van der Waals surface area contributed by atoms with Gasteiger partial charge in [0, 0.05) is 0 Å². The Morgan fingerprint density at radius 3 is 0.214 bits per heavy atom. The van der Waals surface area contributed by atoms with Gasteiger partial charge < -0.3 is 43.8 Å². The zero-order chi connectivity index (χ0) is 0. The molecule has 0 spiro atoms. The largest absolute Gasteiger partial charge is 3.00 e. The van der Waals surface area contributed by atoms with Crippen LogP contribution in [0, 0.1) is 0 Å². The fourth-order valence-electron chi connectivity index (χ4n) is 0. The molecule has 8 nitrogen and oxygen atoms in total. The molecule has 0 bridgehead atoms. The van der Waals surface area contributed by atoms with Crippen molar-refractivity contribution in [3.05, 3.63) is 0 Å². The van der Waals surface area contributed by atoms with Crippen LogP contribution in [0.5, 0.6) is 0 Å². The molecule has 0 fully saturated rings. The maximum absolute atomic E-state index is 0. The maximum atomic E-state index is 0. The molecule has 14 heteroatoms. The monoisotopic (exact) mass is 464 g/mol. The normalized spacial score (nSPS) is 0. The van der Waals surface area contributed by atoms with Gasteiger partial charge in [0.15, 0.2) is 0 Å². The molecule has 0 aliphatic carbocycles. The van der Waals surface area contributed by atoms with Crippen molar-refractivity contribution in [1.29, 1.82) is 0 Å². The van der Waals surface area contributed by atoms with Crippen LogP contribution in [0.25, 0.3) is 0 Å². The fraction of sp³-hybridized carbons (Fsp3) is 0. The van der Waals surface area contributed by atoms with E-state index in [1.165, 1.54) is 0 Å². The molecule has 0 aromatic rings. The molecule has 0 rings (SSSR count). The molecule has 0 saturated carbocycles. The van der Waals surface area contributed by atoms with E-state index in [1.54, 1.807) is 0 Å². The Morgan fingerprint density at radius 2 is 0.214 bits per heavy atom. The van der Waals surface area contributed by atoms with Crippen LogP contribution in [0.2, 0.25) is 0 Å². The van der Waals surface area contributed by atoms with Gasteiger partial charge in [0.25, 0.3) is 0 Å². The Labute approximate surface area is 145 Å². The molecular formula is Fe6O8. The smallest absolute Gasteiger partial charge is 2.00 e. The molecule has 0 heterocycles. The van der Waals surface area contributed by atoms with Crippen molar-refractivity contribution in [3.8, 4) is 0 Å². The van der Waals surface area contributed by atoms with Crippen LogP contribution in [-0.4, -0.2) is 0 Å². The minimum Gasteiger partial charge on any atom is -2.00 e. The Balaban J connectivity index is 0. The van der Waals surface area contributed by atoms with E-state index in [9.17, 15) is 0 Å². The van der Waals surface area contributed by atoms with E-state index in [1.807, 2.05) is 0 Å². The van der Waals surface area contributed by atoms with Gasteiger partial charge in [-0.2, -0.15) is 0 Å². The standard InChI is InChI=1S/6Fe.8O/q2*+2;4*+3;8*-2. The van der Waals surface area contributed by atoms with Crippen molar-refractivity contribution in [2.75, 3.05) is 0 Å². The predicted molar refractivity (Wildman–Crippen MR) is 5.49 cm³/mol. The summed E-state index contributed by atoms with van der Waals surface area (Å²) >= 11 is 0. The van der Waals surface area contributed by atoms with E-state index in [2.05, 4.69) is 0 Å². The topological polar surface area (TPSA) is 228 Å². The third kappa shape index (κ3) is 360. The summed E-state index contributed by atoms with van der Waals surface area (Å²) in [7, 11) is 0. The summed E-state index contributed by atoms with van der Waals surface area (Å²) < 4.78 is 0. The minimum absolute atomic E-state index is 0. The van der Waals surface area contributed by atoms with E-state index >= 15 is 0 Å². The first-order valence-corrected chi connectivity index (χ1v) is 0. The van der Waals surface area contributed by atoms with E-state index in [0.29, 0.717) is 0 Å². The van der Waals surface area contributed by atoms with Gasteiger partial charge in [0.1, 0.15) is 0 Å². The molecule has 0 aromatic carbocycles. The Morgan fingerprint density at radius 1 is 0.214 bits per heavy atom. The summed E-state index contributed by atoms with van der Waals surface area (Å²) in [6.45, 7) is 0. The van der Waals surface area contributed by atoms with Crippen molar-refractivity contribution >= 4 is 0 Å². The van der Waals surface area contributed by atoms with Crippen LogP contribution >= 0.6 is 0 Å². The van der Waals surface area contributed by atoms with Gasteiger partial charge >= 0.3 is 102 Å². The molecule has 14 heavy (non-hydrogen) atoms. The van der Waals surface area contributed by atoms with Crippen LogP contribution in [0.4, 0.5) is 0 Å². The molecule has 0 atom stereocenters. The fourth-order valence-corrected chi connectivity index (χ4v) is 0. The first kappa shape index (κ1) is 536. The molecule has 0 aromatic heterocycles. The Hall–Kier alpha value is 2.80. The van der Waals surface area contributed by atoms with Gasteiger partial charge in [0.2, 0.25) is 0 Å². The van der Waals surface area contributed by atoms with Crippen LogP contribution in [0.3, 0.4) is 0 Å². The van der Waals surface area contributed by atoms with Crippen LogP contribution < -0.4 is 0 Å². The second-order valence-corrected chi connectivity index (χ2v) is 0. The first-order valence-electron chi connectivity index (χ1n) is 0. The minimum atomic E-state index is 0. The second kappa shape index (κ2) is 442. The first-order chi connectivity index (χ1) is 0. The predicted octanol–water partition coefficient (Wildman–Crippen LogP) is -0.965. The summed E-state index contributed by atoms with van der Waals surface area (Å²) in [5.41, 5.74) is 0. The van der Waals surface area contributed by atoms with Crippen molar-refractivity contribution in [1.82, 2.24) is 0 Å². The summed E-state index contributed by atoms with van der Waals surface area (Å²) in [6, 6.07) is 0. The summed E-state index contributed by atoms with van der Waals surface area (Å²) in [4.78, 5) is 0. The van der Waals surface area contributed by atoms with Gasteiger partial charge in [0.05, 0.1) is 0 Å². The van der Waals surface area contributed by atoms with Gasteiger partial charge in [-0.3, -0.25) is 0 Å². The summed E-state index contributed by atoms with van der Waals surface area (Å²) in [5.74, 6) is 0. The third-order valence-electron chi connectivity index (χ3n) is 0. The SMILES string of the molecule is [Fe+2].[Fe+2].[Fe+3].[Fe+3].[Fe+3].[Fe+3].[O-2].[O-2].[O-2].[O-2].[O-2].[O-2].[O-2].[O-2]. The molecule has 0 N–H and O–H groups in total. The van der Waals surface area contributed by atoms with E-state index in [4.69, 9.17) is 0 Å². The Bertz CT molecular complexity index is 13.8. The second-order valence-electron chi connectivity index (χ2n) is 0. The zero-order valence-corrected chi connectivity index (χ0v) is 12.0. The van der Waals surface area contributed by atoms with E-state index in [-0.39, 0.29) is 146 Å². The molecule has 0 aliphatic heterocycles. The number of hydrogen-bond donors (Lipinski definition) is 0. The van der Waals surface area contributed by atoms with E-state index < -0.39 is 0 Å². The van der Waals surface area contributed by atoms with Crippen molar-refractivity contribution in [3.63, 3.8) is 0 Å². The summed E-state index contributed by atoms with van der Waals surface area (Å²) in [6.07, 6.45) is 0. The average Bonchev–Trinajstić information content (AvgIpc) is 0. The van der Waals surface area contributed by atoms with Crippen molar-refractivity contribution < 1.29 is 146 Å². The molecule has 0 amide bonds. The average molecular weight is 463 g/mol. The number of rotatable bonds is 0. The van der Waals surface area contributed by atoms with Crippen LogP contribution in [0.15, 0.2) is 0 Å². The quantitative estimate of drug-likeness (QED) is 0.395. The zero-order valence-electron chi connectivity index (χ0n) is 5.39. The third-order valence-corrected chi connectivity index (χ3v) is 0. The summed E-state index contributed by atoms with van der Waals surface area (Å²) in [5, 5.41) is 0. The van der Waals surface area contributed by atoms with Gasteiger partial charge in [-0.15, -0.1) is 0 Å². The molecular weight excluding hydrogens is 463 g/mol. The Kier molecular flexibility index (Phi) is 16900. The van der Waals surface area contributed by atoms with Gasteiger partial charge in [-0.1, -0.05) is 0 Å². The van der Waals surface area contributed by atoms with Crippen LogP contribution in [-0.2, 0) is 146 Å². The molecule has 0 aliphatic rings. The molecule has 0 saturated heterocycles. The molecule has 0 unspecified atom stereocenters. The molecule has 96 valence electrons. The maximum Gasteiger partial charge on any atom is 3.00 e. The molecule has 4 radical (unpaired) electrons.